The van der Waals surface area contributed by atoms with Crippen LogP contribution in [-0.4, -0.2) is 51.5 Å². The molecule has 0 aromatic carbocycles. The molecule has 2 rings (SSSR count). The number of carbonyl (C=O) groups excluding carboxylic acids is 1. The first-order valence-corrected chi connectivity index (χ1v) is 7.59. The molecule has 0 fully saturated rings. The maximum atomic E-state index is 12.3. The summed E-state index contributed by atoms with van der Waals surface area (Å²) in [7, 11) is 3.65. The summed E-state index contributed by atoms with van der Waals surface area (Å²) in [5.74, 6) is 1.31. The van der Waals surface area contributed by atoms with Gasteiger partial charge in [-0.3, -0.25) is 14.7 Å². The standard InChI is InChI=1S/C16H23N5O2/c1-12(2)16-18-14(19-23-16)10-21(4)15(22)11-20(3)9-13-6-5-7-17-8-13/h5-8,12H,9-11H2,1-4H3. The smallest absolute Gasteiger partial charge is 0.236 e. The Morgan fingerprint density at radius 1 is 1.30 bits per heavy atom. The summed E-state index contributed by atoms with van der Waals surface area (Å²) >= 11 is 0. The Bertz CT molecular complexity index is 626. The predicted octanol–water partition coefficient (Wildman–Crippen LogP) is 1.68. The van der Waals surface area contributed by atoms with Gasteiger partial charge in [-0.25, -0.2) is 0 Å². The molecule has 2 aromatic heterocycles. The van der Waals surface area contributed by atoms with E-state index in [4.69, 9.17) is 4.52 Å². The van der Waals surface area contributed by atoms with Crippen LogP contribution in [0.25, 0.3) is 0 Å². The van der Waals surface area contributed by atoms with E-state index in [9.17, 15) is 4.79 Å². The Balaban J connectivity index is 1.84. The third-order valence-corrected chi connectivity index (χ3v) is 3.36. The number of pyridine rings is 1. The van der Waals surface area contributed by atoms with E-state index in [0.717, 1.165) is 5.56 Å². The summed E-state index contributed by atoms with van der Waals surface area (Å²) in [6.07, 6.45) is 3.54. The van der Waals surface area contributed by atoms with Crippen molar-refractivity contribution in [3.63, 3.8) is 0 Å². The minimum Gasteiger partial charge on any atom is -0.339 e. The van der Waals surface area contributed by atoms with Gasteiger partial charge in [-0.05, 0) is 18.7 Å². The van der Waals surface area contributed by atoms with Gasteiger partial charge in [-0.15, -0.1) is 0 Å². The molecule has 7 heteroatoms. The highest BCUT2D eigenvalue weighted by molar-refractivity contribution is 5.77. The number of rotatable bonds is 7. The van der Waals surface area contributed by atoms with E-state index in [0.29, 0.717) is 31.3 Å². The maximum absolute atomic E-state index is 12.3. The van der Waals surface area contributed by atoms with Crippen molar-refractivity contribution < 1.29 is 9.32 Å². The van der Waals surface area contributed by atoms with Crippen LogP contribution >= 0.6 is 0 Å². The van der Waals surface area contributed by atoms with Gasteiger partial charge in [-0.2, -0.15) is 4.98 Å². The minimum absolute atomic E-state index is 0.00675. The van der Waals surface area contributed by atoms with Crippen LogP contribution in [0.15, 0.2) is 29.0 Å². The Hall–Kier alpha value is -2.28. The van der Waals surface area contributed by atoms with Crippen LogP contribution in [0.4, 0.5) is 0 Å². The van der Waals surface area contributed by atoms with E-state index in [2.05, 4.69) is 15.1 Å². The van der Waals surface area contributed by atoms with Crippen molar-refractivity contribution >= 4 is 5.91 Å². The second kappa shape index (κ2) is 7.82. The van der Waals surface area contributed by atoms with Crippen LogP contribution in [-0.2, 0) is 17.9 Å². The van der Waals surface area contributed by atoms with Gasteiger partial charge in [0.1, 0.15) is 0 Å². The molecule has 0 saturated carbocycles. The molecule has 0 aliphatic heterocycles. The van der Waals surface area contributed by atoms with Crippen LogP contribution in [0.3, 0.4) is 0 Å². The third kappa shape index (κ3) is 5.14. The Morgan fingerprint density at radius 3 is 2.70 bits per heavy atom. The lowest BCUT2D eigenvalue weighted by Crippen LogP contribution is -2.36. The first-order valence-electron chi connectivity index (χ1n) is 7.59. The Morgan fingerprint density at radius 2 is 2.09 bits per heavy atom. The van der Waals surface area contributed by atoms with Gasteiger partial charge in [0.15, 0.2) is 5.82 Å². The monoisotopic (exact) mass is 317 g/mol. The molecular formula is C16H23N5O2. The van der Waals surface area contributed by atoms with E-state index in [1.807, 2.05) is 37.9 Å². The van der Waals surface area contributed by atoms with Crippen molar-refractivity contribution in [2.75, 3.05) is 20.6 Å². The molecule has 0 saturated heterocycles. The molecule has 0 N–H and O–H groups in total. The fraction of sp³-hybridized carbons (Fsp3) is 0.500. The molecule has 0 spiro atoms. The van der Waals surface area contributed by atoms with Crippen LogP contribution in [0.2, 0.25) is 0 Å². The number of nitrogens with zero attached hydrogens (tertiary/aromatic N) is 5. The average Bonchev–Trinajstić information content (AvgIpc) is 2.96. The maximum Gasteiger partial charge on any atom is 0.236 e. The van der Waals surface area contributed by atoms with Crippen LogP contribution in [0, 0.1) is 0 Å². The minimum atomic E-state index is 0.00675. The van der Waals surface area contributed by atoms with E-state index < -0.39 is 0 Å². The van der Waals surface area contributed by atoms with Crippen LogP contribution in [0.5, 0.6) is 0 Å². The molecular weight excluding hydrogens is 294 g/mol. The fourth-order valence-electron chi connectivity index (χ4n) is 2.08. The van der Waals surface area contributed by atoms with Gasteiger partial charge in [-0.1, -0.05) is 25.1 Å². The Kier molecular flexibility index (Phi) is 5.81. The summed E-state index contributed by atoms with van der Waals surface area (Å²) in [6, 6.07) is 3.88. The number of hydrogen-bond donors (Lipinski definition) is 0. The Labute approximate surface area is 136 Å². The van der Waals surface area contributed by atoms with Gasteiger partial charge >= 0.3 is 0 Å². The first kappa shape index (κ1) is 17.1. The highest BCUT2D eigenvalue weighted by Gasteiger charge is 2.16. The summed E-state index contributed by atoms with van der Waals surface area (Å²) in [4.78, 5) is 24.2. The molecule has 7 nitrogen and oxygen atoms in total. The highest BCUT2D eigenvalue weighted by Crippen LogP contribution is 2.11. The molecule has 2 heterocycles. The summed E-state index contributed by atoms with van der Waals surface area (Å²) in [5.41, 5.74) is 1.07. The van der Waals surface area contributed by atoms with Gasteiger partial charge < -0.3 is 9.42 Å². The fourth-order valence-corrected chi connectivity index (χ4v) is 2.08. The second-order valence-electron chi connectivity index (χ2n) is 5.99. The van der Waals surface area contributed by atoms with E-state index in [1.165, 1.54) is 0 Å². The third-order valence-electron chi connectivity index (χ3n) is 3.36. The molecule has 23 heavy (non-hydrogen) atoms. The summed E-state index contributed by atoms with van der Waals surface area (Å²) < 4.78 is 5.15. The lowest BCUT2D eigenvalue weighted by atomic mass is 10.2. The van der Waals surface area contributed by atoms with E-state index in [-0.39, 0.29) is 11.8 Å². The van der Waals surface area contributed by atoms with Crippen molar-refractivity contribution in [2.24, 2.45) is 0 Å². The lowest BCUT2D eigenvalue weighted by Gasteiger charge is -2.20. The van der Waals surface area contributed by atoms with Crippen molar-refractivity contribution in [1.82, 2.24) is 24.9 Å². The zero-order valence-corrected chi connectivity index (χ0v) is 14.1. The molecule has 0 atom stereocenters. The summed E-state index contributed by atoms with van der Waals surface area (Å²) in [5, 5.41) is 3.90. The normalized spacial score (nSPS) is 11.2. The van der Waals surface area contributed by atoms with E-state index >= 15 is 0 Å². The molecule has 0 aliphatic carbocycles. The second-order valence-corrected chi connectivity index (χ2v) is 5.99. The van der Waals surface area contributed by atoms with Crippen molar-refractivity contribution in [3.05, 3.63) is 41.8 Å². The zero-order chi connectivity index (χ0) is 16.8. The van der Waals surface area contributed by atoms with Gasteiger partial charge in [0.05, 0.1) is 13.1 Å². The number of amides is 1. The molecule has 0 radical (unpaired) electrons. The molecule has 0 aliphatic rings. The molecule has 0 unspecified atom stereocenters. The zero-order valence-electron chi connectivity index (χ0n) is 14.1. The van der Waals surface area contributed by atoms with Crippen molar-refractivity contribution in [3.8, 4) is 0 Å². The number of hydrogen-bond acceptors (Lipinski definition) is 6. The number of likely N-dealkylation sites (N-methyl/N-ethyl adjacent to an activating group) is 2. The average molecular weight is 317 g/mol. The quantitative estimate of drug-likeness (QED) is 0.773. The van der Waals surface area contributed by atoms with Crippen LogP contribution < -0.4 is 0 Å². The topological polar surface area (TPSA) is 75.4 Å². The van der Waals surface area contributed by atoms with Gasteiger partial charge in [0, 0.05) is 31.9 Å². The lowest BCUT2D eigenvalue weighted by molar-refractivity contribution is -0.131. The SMILES string of the molecule is CC(C)c1nc(CN(C)C(=O)CN(C)Cc2cccnc2)no1. The van der Waals surface area contributed by atoms with E-state index in [1.54, 1.807) is 24.3 Å². The van der Waals surface area contributed by atoms with Crippen LogP contribution in [0.1, 0.15) is 37.0 Å². The number of carbonyl (C=O) groups is 1. The number of aromatic nitrogens is 3. The molecule has 0 bridgehead atoms. The first-order chi connectivity index (χ1) is 11.0. The molecule has 2 aromatic rings. The van der Waals surface area contributed by atoms with Crippen molar-refractivity contribution in [2.45, 2.75) is 32.9 Å². The largest absolute Gasteiger partial charge is 0.339 e. The molecule has 1 amide bonds. The van der Waals surface area contributed by atoms with Gasteiger partial charge in [0.25, 0.3) is 0 Å². The predicted molar refractivity (Wildman–Crippen MR) is 85.4 cm³/mol. The molecule has 124 valence electrons. The summed E-state index contributed by atoms with van der Waals surface area (Å²) in [6.45, 7) is 5.31. The van der Waals surface area contributed by atoms with Crippen molar-refractivity contribution in [1.29, 1.82) is 0 Å². The van der Waals surface area contributed by atoms with Gasteiger partial charge in [0.2, 0.25) is 11.8 Å². The highest BCUT2D eigenvalue weighted by atomic mass is 16.5.